The average molecular weight is 476 g/mol. The Bertz CT molecular complexity index is 1070. The van der Waals surface area contributed by atoms with E-state index in [9.17, 15) is 4.79 Å². The van der Waals surface area contributed by atoms with Crippen LogP contribution in [0.3, 0.4) is 0 Å². The quantitative estimate of drug-likeness (QED) is 0.134. The number of carbonyl (C=O) groups excluding carboxylic acids is 1. The van der Waals surface area contributed by atoms with Gasteiger partial charge in [0, 0.05) is 29.5 Å². The minimum Gasteiger partial charge on any atom is -0.487 e. The van der Waals surface area contributed by atoms with Crippen molar-refractivity contribution in [3.05, 3.63) is 64.7 Å². The second kappa shape index (κ2) is 10.9. The predicted molar refractivity (Wildman–Crippen MR) is 143 cm³/mol. The minimum atomic E-state index is -0.253. The largest absolute Gasteiger partial charge is 0.487 e. The fourth-order valence-electron chi connectivity index (χ4n) is 5.66. The van der Waals surface area contributed by atoms with Crippen LogP contribution >= 0.6 is 0 Å². The van der Waals surface area contributed by atoms with E-state index >= 15 is 0 Å². The topological polar surface area (TPSA) is 61.5 Å². The number of aryl methyl sites for hydroxylation is 2. The van der Waals surface area contributed by atoms with E-state index in [1.54, 1.807) is 0 Å². The first-order valence-corrected chi connectivity index (χ1v) is 13.3. The minimum absolute atomic E-state index is 0.175. The number of nitrogens with two attached hydrogens (primary N) is 1. The number of benzene rings is 2. The highest BCUT2D eigenvalue weighted by molar-refractivity contribution is 5.74. The van der Waals surface area contributed by atoms with Gasteiger partial charge in [0.2, 0.25) is 0 Å². The van der Waals surface area contributed by atoms with Crippen LogP contribution in [0.5, 0.6) is 11.5 Å². The molecule has 0 fully saturated rings. The number of carbonyl (C=O) groups is 1. The summed E-state index contributed by atoms with van der Waals surface area (Å²) in [7, 11) is 0. The first-order chi connectivity index (χ1) is 16.8. The zero-order chi connectivity index (χ0) is 25.0. The molecule has 0 saturated carbocycles. The van der Waals surface area contributed by atoms with E-state index in [2.05, 4.69) is 45.9 Å². The summed E-state index contributed by atoms with van der Waals surface area (Å²) < 4.78 is 12.7. The van der Waals surface area contributed by atoms with E-state index in [4.69, 9.17) is 15.2 Å². The Morgan fingerprint density at radius 1 is 1.09 bits per heavy atom. The van der Waals surface area contributed by atoms with Crippen LogP contribution in [0.4, 0.5) is 5.69 Å². The highest BCUT2D eigenvalue weighted by atomic mass is 16.5. The maximum atomic E-state index is 13.0. The van der Waals surface area contributed by atoms with Gasteiger partial charge in [-0.2, -0.15) is 0 Å². The molecule has 1 aliphatic carbocycles. The third-order valence-electron chi connectivity index (χ3n) is 7.63. The van der Waals surface area contributed by atoms with Gasteiger partial charge in [0.15, 0.2) is 0 Å². The van der Waals surface area contributed by atoms with Crippen LogP contribution in [0.25, 0.3) is 0 Å². The molecule has 2 atom stereocenters. The molecule has 1 heterocycles. The van der Waals surface area contributed by atoms with Crippen LogP contribution < -0.4 is 15.2 Å². The molecule has 2 N–H and O–H groups in total. The normalized spacial score (nSPS) is 20.3. The Kier molecular flexibility index (Phi) is 7.88. The van der Waals surface area contributed by atoms with Gasteiger partial charge in [-0.05, 0) is 94.7 Å². The van der Waals surface area contributed by atoms with E-state index in [1.807, 2.05) is 24.3 Å². The van der Waals surface area contributed by atoms with Crippen LogP contribution in [-0.4, -0.2) is 11.6 Å². The van der Waals surface area contributed by atoms with Crippen LogP contribution in [-0.2, 0) is 17.6 Å². The van der Waals surface area contributed by atoms with E-state index in [0.717, 1.165) is 55.5 Å². The lowest BCUT2D eigenvalue weighted by molar-refractivity contribution is -0.134. The van der Waals surface area contributed by atoms with Crippen molar-refractivity contribution in [3.63, 3.8) is 0 Å². The van der Waals surface area contributed by atoms with Gasteiger partial charge in [-0.25, -0.2) is 0 Å². The van der Waals surface area contributed by atoms with Crippen LogP contribution in [0.2, 0.25) is 0 Å². The Balaban J connectivity index is 1.57. The summed E-state index contributed by atoms with van der Waals surface area (Å²) in [5, 5.41) is 0. The number of anilines is 1. The maximum Gasteiger partial charge on any atom is 0.311 e. The molecule has 0 bridgehead atoms. The molecule has 0 aromatic heterocycles. The third kappa shape index (κ3) is 6.09. The second-order valence-electron chi connectivity index (χ2n) is 10.9. The van der Waals surface area contributed by atoms with Gasteiger partial charge in [0.1, 0.15) is 17.1 Å². The van der Waals surface area contributed by atoms with E-state index in [0.29, 0.717) is 18.1 Å². The number of hydrogen-bond acceptors (Lipinski definition) is 4. The van der Waals surface area contributed by atoms with Gasteiger partial charge >= 0.3 is 5.97 Å². The first kappa shape index (κ1) is 25.3. The van der Waals surface area contributed by atoms with Crippen LogP contribution in [0.1, 0.15) is 95.2 Å². The van der Waals surface area contributed by atoms with E-state index in [1.165, 1.54) is 29.5 Å². The number of rotatable bonds is 9. The summed E-state index contributed by atoms with van der Waals surface area (Å²) >= 11 is 0. The molecule has 0 radical (unpaired) electrons. The molecule has 2 aromatic rings. The van der Waals surface area contributed by atoms with Crippen LogP contribution in [0.15, 0.2) is 48.0 Å². The molecule has 4 rings (SSSR count). The molecular weight excluding hydrogens is 434 g/mol. The number of allylic oxidation sites excluding steroid dienone is 2. The number of unbranched alkanes of at least 4 members (excludes halogenated alkanes) is 2. The second-order valence-corrected chi connectivity index (χ2v) is 10.9. The number of esters is 1. The fourth-order valence-corrected chi connectivity index (χ4v) is 5.66. The molecule has 4 heteroatoms. The molecule has 0 spiro atoms. The summed E-state index contributed by atoms with van der Waals surface area (Å²) in [5.74, 6) is 1.99. The summed E-state index contributed by atoms with van der Waals surface area (Å²) in [6, 6.07) is 12.1. The number of fused-ring (bicyclic) bond motifs is 3. The molecule has 35 heavy (non-hydrogen) atoms. The zero-order valence-corrected chi connectivity index (χ0v) is 21.9. The number of nitrogen functional groups attached to an aromatic ring is 1. The molecule has 1 aliphatic heterocycles. The van der Waals surface area contributed by atoms with Crippen molar-refractivity contribution in [2.75, 3.05) is 5.73 Å². The van der Waals surface area contributed by atoms with Crippen molar-refractivity contribution in [1.29, 1.82) is 0 Å². The first-order valence-electron chi connectivity index (χ1n) is 13.3. The third-order valence-corrected chi connectivity index (χ3v) is 7.63. The van der Waals surface area contributed by atoms with E-state index < -0.39 is 0 Å². The maximum absolute atomic E-state index is 13.0. The summed E-state index contributed by atoms with van der Waals surface area (Å²) in [5.41, 5.74) is 11.1. The molecular formula is C31H41NO3. The standard InChI is InChI=1S/C31H41NO3/c1-5-6-7-9-23-19-27(34-29(33)11-8-10-22-13-15-24(32)16-14-22)30-25-18-21(2)12-17-26(25)31(3,4)35-28(30)20-23/h13-16,18-20,25-26H,5-12,17,32H2,1-4H3. The predicted octanol–water partition coefficient (Wildman–Crippen LogP) is 7.54. The molecule has 2 aliphatic rings. The lowest BCUT2D eigenvalue weighted by atomic mass is 9.68. The van der Waals surface area contributed by atoms with Crippen molar-refractivity contribution in [1.82, 2.24) is 0 Å². The highest BCUT2D eigenvalue weighted by Crippen LogP contribution is 2.53. The zero-order valence-electron chi connectivity index (χ0n) is 21.9. The fraction of sp³-hybridized carbons (Fsp3) is 0.516. The molecule has 2 aromatic carbocycles. The lowest BCUT2D eigenvalue weighted by Gasteiger charge is -2.46. The average Bonchev–Trinajstić information content (AvgIpc) is 2.79. The van der Waals surface area contributed by atoms with Crippen molar-refractivity contribution in [2.24, 2.45) is 5.92 Å². The van der Waals surface area contributed by atoms with Gasteiger partial charge in [0.05, 0.1) is 0 Å². The van der Waals surface area contributed by atoms with Gasteiger partial charge in [-0.15, -0.1) is 0 Å². The molecule has 2 unspecified atom stereocenters. The summed E-state index contributed by atoms with van der Waals surface area (Å²) in [6.45, 7) is 8.83. The van der Waals surface area contributed by atoms with E-state index in [-0.39, 0.29) is 17.5 Å². The smallest absolute Gasteiger partial charge is 0.311 e. The van der Waals surface area contributed by atoms with Crippen molar-refractivity contribution < 1.29 is 14.3 Å². The monoisotopic (exact) mass is 475 g/mol. The van der Waals surface area contributed by atoms with Crippen molar-refractivity contribution in [2.45, 2.75) is 97.0 Å². The highest BCUT2D eigenvalue weighted by Gasteiger charge is 2.45. The lowest BCUT2D eigenvalue weighted by Crippen LogP contribution is -2.45. The Labute approximate surface area is 210 Å². The van der Waals surface area contributed by atoms with Gasteiger partial charge in [-0.3, -0.25) is 4.79 Å². The van der Waals surface area contributed by atoms with Crippen molar-refractivity contribution in [3.8, 4) is 11.5 Å². The molecule has 4 nitrogen and oxygen atoms in total. The molecule has 0 saturated heterocycles. The SMILES string of the molecule is CCCCCc1cc(OC(=O)CCCc2ccc(N)cc2)c2c(c1)OC(C)(C)C1CCC(C)=CC21. The van der Waals surface area contributed by atoms with Crippen LogP contribution in [0, 0.1) is 5.92 Å². The Morgan fingerprint density at radius 2 is 1.83 bits per heavy atom. The summed E-state index contributed by atoms with van der Waals surface area (Å²) in [6.07, 6.45) is 11.0. The molecule has 0 amide bonds. The summed E-state index contributed by atoms with van der Waals surface area (Å²) in [4.78, 5) is 13.0. The van der Waals surface area contributed by atoms with Gasteiger partial charge in [0.25, 0.3) is 0 Å². The van der Waals surface area contributed by atoms with Gasteiger partial charge < -0.3 is 15.2 Å². The Hall–Kier alpha value is -2.75. The van der Waals surface area contributed by atoms with Crippen molar-refractivity contribution >= 4 is 11.7 Å². The number of hydrogen-bond donors (Lipinski definition) is 1. The molecule has 188 valence electrons. The Morgan fingerprint density at radius 3 is 2.57 bits per heavy atom. The van der Waals surface area contributed by atoms with Gasteiger partial charge in [-0.1, -0.05) is 43.5 Å². The number of ether oxygens (including phenoxy) is 2.